The third-order valence-corrected chi connectivity index (χ3v) is 3.75. The average molecular weight is 237 g/mol. The number of likely N-dealkylation sites (tertiary alicyclic amines) is 1. The zero-order chi connectivity index (χ0) is 12.1. The maximum Gasteiger partial charge on any atom is 0.0492 e. The molecule has 96 valence electrons. The molecule has 0 saturated carbocycles. The SMILES string of the molecule is Cn1nccc1CCN1CCCC(CCO)C1. The first kappa shape index (κ1) is 12.6. The quantitative estimate of drug-likeness (QED) is 0.832. The first-order valence-corrected chi connectivity index (χ1v) is 6.59. The standard InChI is InChI=1S/C13H23N3O/c1-15-13(4-7-14-15)5-9-16-8-2-3-12(11-16)6-10-17/h4,7,12,17H,2-3,5-6,8-11H2,1H3. The molecule has 2 heterocycles. The van der Waals surface area contributed by atoms with Crippen LogP contribution in [0.15, 0.2) is 12.3 Å². The highest BCUT2D eigenvalue weighted by Crippen LogP contribution is 2.19. The van der Waals surface area contributed by atoms with Crippen LogP contribution in [0.1, 0.15) is 25.0 Å². The average Bonchev–Trinajstić information content (AvgIpc) is 2.73. The van der Waals surface area contributed by atoms with Crippen molar-refractivity contribution in [1.82, 2.24) is 14.7 Å². The molecule has 1 unspecified atom stereocenters. The Hall–Kier alpha value is -0.870. The molecule has 1 aliphatic rings. The van der Waals surface area contributed by atoms with Gasteiger partial charge in [-0.3, -0.25) is 4.68 Å². The number of hydrogen-bond donors (Lipinski definition) is 1. The van der Waals surface area contributed by atoms with E-state index in [0.29, 0.717) is 12.5 Å². The molecule has 0 amide bonds. The third kappa shape index (κ3) is 3.54. The first-order valence-electron chi connectivity index (χ1n) is 6.59. The van der Waals surface area contributed by atoms with E-state index in [1.807, 2.05) is 17.9 Å². The third-order valence-electron chi connectivity index (χ3n) is 3.75. The second-order valence-electron chi connectivity index (χ2n) is 5.02. The fourth-order valence-corrected chi connectivity index (χ4v) is 2.69. The van der Waals surface area contributed by atoms with Crippen molar-refractivity contribution in [2.75, 3.05) is 26.2 Å². The number of piperidine rings is 1. The molecular weight excluding hydrogens is 214 g/mol. The van der Waals surface area contributed by atoms with Gasteiger partial charge in [0.05, 0.1) is 0 Å². The van der Waals surface area contributed by atoms with Crippen LogP contribution in [0.25, 0.3) is 0 Å². The van der Waals surface area contributed by atoms with Crippen molar-refractivity contribution >= 4 is 0 Å². The monoisotopic (exact) mass is 237 g/mol. The Morgan fingerprint density at radius 1 is 1.53 bits per heavy atom. The molecule has 1 aliphatic heterocycles. The van der Waals surface area contributed by atoms with Gasteiger partial charge in [0, 0.05) is 45.1 Å². The predicted octanol–water partition coefficient (Wildman–Crippen LogP) is 1.06. The summed E-state index contributed by atoms with van der Waals surface area (Å²) in [6.45, 7) is 3.81. The van der Waals surface area contributed by atoms with Gasteiger partial charge < -0.3 is 10.0 Å². The maximum absolute atomic E-state index is 8.99. The van der Waals surface area contributed by atoms with Gasteiger partial charge in [0.1, 0.15) is 0 Å². The number of rotatable bonds is 5. The van der Waals surface area contributed by atoms with E-state index in [1.54, 1.807) is 0 Å². The molecular formula is C13H23N3O. The molecule has 2 rings (SSSR count). The van der Waals surface area contributed by atoms with E-state index >= 15 is 0 Å². The van der Waals surface area contributed by atoms with Crippen molar-refractivity contribution in [2.24, 2.45) is 13.0 Å². The van der Waals surface area contributed by atoms with Gasteiger partial charge in [-0.1, -0.05) is 0 Å². The second kappa shape index (κ2) is 6.17. The minimum absolute atomic E-state index is 0.334. The molecule has 1 N–H and O–H groups in total. The van der Waals surface area contributed by atoms with E-state index in [0.717, 1.165) is 25.9 Å². The Labute approximate surface area is 103 Å². The molecule has 0 aliphatic carbocycles. The summed E-state index contributed by atoms with van der Waals surface area (Å²) in [6, 6.07) is 2.09. The number of aryl methyl sites for hydroxylation is 1. The Morgan fingerprint density at radius 2 is 2.41 bits per heavy atom. The zero-order valence-electron chi connectivity index (χ0n) is 10.7. The van der Waals surface area contributed by atoms with Gasteiger partial charge in [-0.2, -0.15) is 5.10 Å². The molecule has 1 saturated heterocycles. The van der Waals surface area contributed by atoms with Crippen LogP contribution in [0, 0.1) is 5.92 Å². The van der Waals surface area contributed by atoms with Crippen LogP contribution < -0.4 is 0 Å². The molecule has 4 heteroatoms. The molecule has 0 bridgehead atoms. The lowest BCUT2D eigenvalue weighted by Gasteiger charge is -2.32. The minimum Gasteiger partial charge on any atom is -0.396 e. The summed E-state index contributed by atoms with van der Waals surface area (Å²) in [5, 5.41) is 13.2. The molecule has 0 spiro atoms. The first-order chi connectivity index (χ1) is 8.29. The topological polar surface area (TPSA) is 41.3 Å². The van der Waals surface area contributed by atoms with Crippen LogP contribution >= 0.6 is 0 Å². The van der Waals surface area contributed by atoms with Gasteiger partial charge in [-0.05, 0) is 37.8 Å². The van der Waals surface area contributed by atoms with Crippen LogP contribution in [0.4, 0.5) is 0 Å². The van der Waals surface area contributed by atoms with Crippen LogP contribution in [-0.2, 0) is 13.5 Å². The summed E-state index contributed by atoms with van der Waals surface area (Å²) in [5.41, 5.74) is 1.30. The van der Waals surface area contributed by atoms with Crippen LogP contribution in [0.2, 0.25) is 0 Å². The van der Waals surface area contributed by atoms with Crippen molar-refractivity contribution in [1.29, 1.82) is 0 Å². The van der Waals surface area contributed by atoms with Crippen molar-refractivity contribution in [3.05, 3.63) is 18.0 Å². The number of aromatic nitrogens is 2. The summed E-state index contributed by atoms with van der Waals surface area (Å²) in [4.78, 5) is 2.52. The highest BCUT2D eigenvalue weighted by atomic mass is 16.3. The van der Waals surface area contributed by atoms with Crippen molar-refractivity contribution < 1.29 is 5.11 Å². The smallest absolute Gasteiger partial charge is 0.0492 e. The lowest BCUT2D eigenvalue weighted by atomic mass is 9.95. The van der Waals surface area contributed by atoms with Crippen molar-refractivity contribution in [3.63, 3.8) is 0 Å². The number of hydrogen-bond acceptors (Lipinski definition) is 3. The van der Waals surface area contributed by atoms with E-state index in [2.05, 4.69) is 16.1 Å². The van der Waals surface area contributed by atoms with E-state index in [4.69, 9.17) is 5.11 Å². The minimum atomic E-state index is 0.334. The van der Waals surface area contributed by atoms with Crippen molar-refractivity contribution in [2.45, 2.75) is 25.7 Å². The van der Waals surface area contributed by atoms with Gasteiger partial charge in [0.15, 0.2) is 0 Å². The lowest BCUT2D eigenvalue weighted by Crippen LogP contribution is -2.37. The van der Waals surface area contributed by atoms with Crippen LogP contribution in [0.3, 0.4) is 0 Å². The summed E-state index contributed by atoms with van der Waals surface area (Å²) in [7, 11) is 2.00. The molecule has 1 aromatic heterocycles. The predicted molar refractivity (Wildman–Crippen MR) is 67.8 cm³/mol. The maximum atomic E-state index is 8.99. The zero-order valence-corrected chi connectivity index (χ0v) is 10.7. The second-order valence-corrected chi connectivity index (χ2v) is 5.02. The van der Waals surface area contributed by atoms with Crippen LogP contribution in [-0.4, -0.2) is 46.0 Å². The Bertz CT molecular complexity index is 335. The van der Waals surface area contributed by atoms with E-state index in [-0.39, 0.29) is 0 Å². The summed E-state index contributed by atoms with van der Waals surface area (Å²) in [6.07, 6.45) is 6.45. The Morgan fingerprint density at radius 3 is 3.12 bits per heavy atom. The van der Waals surface area contributed by atoms with Gasteiger partial charge in [0.25, 0.3) is 0 Å². The van der Waals surface area contributed by atoms with Gasteiger partial charge in [-0.15, -0.1) is 0 Å². The van der Waals surface area contributed by atoms with Gasteiger partial charge in [-0.25, -0.2) is 0 Å². The molecule has 0 radical (unpaired) electrons. The Kier molecular flexibility index (Phi) is 4.57. The molecule has 0 aromatic carbocycles. The lowest BCUT2D eigenvalue weighted by molar-refractivity contribution is 0.148. The fourth-order valence-electron chi connectivity index (χ4n) is 2.69. The van der Waals surface area contributed by atoms with E-state index in [1.165, 1.54) is 25.1 Å². The molecule has 1 atom stereocenters. The van der Waals surface area contributed by atoms with Crippen molar-refractivity contribution in [3.8, 4) is 0 Å². The highest BCUT2D eigenvalue weighted by molar-refractivity contribution is 5.00. The number of nitrogens with zero attached hydrogens (tertiary/aromatic N) is 3. The summed E-state index contributed by atoms with van der Waals surface area (Å²) in [5.74, 6) is 0.695. The largest absolute Gasteiger partial charge is 0.396 e. The van der Waals surface area contributed by atoms with Gasteiger partial charge in [0.2, 0.25) is 0 Å². The normalized spacial score (nSPS) is 21.9. The van der Waals surface area contributed by atoms with E-state index < -0.39 is 0 Å². The number of aliphatic hydroxyl groups is 1. The fraction of sp³-hybridized carbons (Fsp3) is 0.769. The van der Waals surface area contributed by atoms with E-state index in [9.17, 15) is 0 Å². The molecule has 1 aromatic rings. The van der Waals surface area contributed by atoms with Crippen LogP contribution in [0.5, 0.6) is 0 Å². The van der Waals surface area contributed by atoms with Gasteiger partial charge >= 0.3 is 0 Å². The molecule has 4 nitrogen and oxygen atoms in total. The molecule has 17 heavy (non-hydrogen) atoms. The number of aliphatic hydroxyl groups excluding tert-OH is 1. The molecule has 1 fully saturated rings. The summed E-state index contributed by atoms with van der Waals surface area (Å²) < 4.78 is 1.95. The summed E-state index contributed by atoms with van der Waals surface area (Å²) >= 11 is 0. The highest BCUT2D eigenvalue weighted by Gasteiger charge is 2.19. The Balaban J connectivity index is 1.77.